The predicted octanol–water partition coefficient (Wildman–Crippen LogP) is 9.09. The predicted molar refractivity (Wildman–Crippen MR) is 448 cm³/mol. The molecule has 0 radical (unpaired) electrons. The number of esters is 6. The molecular weight excluding hydrogens is 1810 g/mol. The minimum absolute atomic E-state index is 0.00313. The standard InChI is InChI=1S/C11H19ClO5.C11H18O8S.C11H20O6.C11H18O4.C8H14BrClO.C8H15ClO2.C8H13ClO2.C6H9ClO4.C6H10O3/c1-5-15-9(14)11(4,12)8(13)7-6-16-10(2,3)17-7;1-5-15-9(12)11(4)8(18-20(13,14)19-11)7-6-16-10(2,3)17-7;1-5-15-9(13)11(4,14)8(12)7-6-16-10(2,3)17-7;1-5-13-10(12)8(2)6-9-7-14-11(3,4)15-9;1-4-6-5(2)8(3,10)7(9)11-6;2*1-4-6-5(2)8(3,9)7(10)11-6;1-6(7)4(9)3(2-8)11-5(6)10;1-6(2)8-4-5(3-7)9-6/h7-8,13H,5-6H2,1-4H3;7-8H,5-6H2,1-4H3;7-8,12,14H,5-6H2,1-4H3;6,9H,5,7H2,1-4H3;5-7H,4H2,1-3H3;5-7,10H,4H2,1-3H3;5-6H,4H2,1-3H3;3-4,8-9H,2H2,1H3;3,5H,4H2,1-2H3/b;;;8-6+;;;;;/t3*7-,8-,11+;9-;5-,6-,7+,8-;5-,6-,7?,8-;5-,6-,8-;3-,4-,6-;5-/m111011110/s1. The van der Waals surface area contributed by atoms with Gasteiger partial charge < -0.3 is 121 Å². The van der Waals surface area contributed by atoms with Crippen LogP contribution in [0.25, 0.3) is 0 Å². The molecule has 35 nitrogen and oxygen atoms in total. The minimum Gasteiger partial charge on any atom is -0.465 e. The number of carbonyl (C=O) groups is 7. The molecule has 10 heterocycles. The molecule has 42 heteroatoms. The number of hydrogen-bond acceptors (Lipinski definition) is 35. The van der Waals surface area contributed by atoms with E-state index in [1.54, 1.807) is 103 Å². The number of aliphatic hydroxyl groups is 6. The van der Waals surface area contributed by atoms with Crippen LogP contribution >= 0.6 is 73.9 Å². The molecule has 0 amide bonds. The summed E-state index contributed by atoms with van der Waals surface area (Å²) in [4.78, 5) is 73.9. The van der Waals surface area contributed by atoms with Gasteiger partial charge in [-0.2, -0.15) is 8.42 Å². The topological polar surface area (TPSA) is 460 Å². The second kappa shape index (κ2) is 47.4. The third-order valence-corrected chi connectivity index (χ3v) is 25.8. The van der Waals surface area contributed by atoms with Crippen molar-refractivity contribution in [3.63, 3.8) is 0 Å². The molecule has 714 valence electrons. The highest BCUT2D eigenvalue weighted by Crippen LogP contribution is 2.46. The fourth-order valence-electron chi connectivity index (χ4n) is 12.7. The Kier molecular flexibility index (Phi) is 44.8. The number of halogens is 6. The molecule has 122 heavy (non-hydrogen) atoms. The highest BCUT2D eigenvalue weighted by molar-refractivity contribution is 9.09. The lowest BCUT2D eigenvalue weighted by Crippen LogP contribution is -2.54. The Morgan fingerprint density at radius 1 is 0.557 bits per heavy atom. The average Bonchev–Trinajstić information content (AvgIpc) is 1.59. The Balaban J connectivity index is 0.000000470. The van der Waals surface area contributed by atoms with E-state index in [4.69, 9.17) is 152 Å². The maximum Gasteiger partial charge on any atom is 0.401 e. The highest BCUT2D eigenvalue weighted by atomic mass is 79.9. The second-order valence-electron chi connectivity index (χ2n) is 33.5. The maximum absolute atomic E-state index is 12.0. The summed E-state index contributed by atoms with van der Waals surface area (Å²) in [6.45, 7) is 50.6. The van der Waals surface area contributed by atoms with Crippen LogP contribution in [0.2, 0.25) is 0 Å². The van der Waals surface area contributed by atoms with Crippen LogP contribution in [0.1, 0.15) is 213 Å². The molecule has 10 aliphatic rings. The third kappa shape index (κ3) is 32.4. The van der Waals surface area contributed by atoms with Gasteiger partial charge in [-0.15, -0.1) is 58.0 Å². The van der Waals surface area contributed by atoms with Crippen molar-refractivity contribution >= 4 is 126 Å². The zero-order chi connectivity index (χ0) is 94.7. The van der Waals surface area contributed by atoms with Gasteiger partial charge in [-0.25, -0.2) is 22.7 Å². The van der Waals surface area contributed by atoms with E-state index in [-0.39, 0.29) is 97.7 Å². The number of hydrogen-bond donors (Lipinski definition) is 6. The molecule has 0 aromatic carbocycles. The van der Waals surface area contributed by atoms with Gasteiger partial charge in [0.1, 0.15) is 70.9 Å². The van der Waals surface area contributed by atoms with Crippen LogP contribution in [0.15, 0.2) is 11.6 Å². The number of cyclic esters (lactones) is 2. The van der Waals surface area contributed by atoms with Crippen LogP contribution < -0.4 is 0 Å². The van der Waals surface area contributed by atoms with Crippen LogP contribution in [0.3, 0.4) is 0 Å². The van der Waals surface area contributed by atoms with Crippen LogP contribution in [0.5, 0.6) is 0 Å². The van der Waals surface area contributed by atoms with E-state index in [1.807, 2.05) is 55.4 Å². The van der Waals surface area contributed by atoms with Crippen molar-refractivity contribution in [3.05, 3.63) is 11.6 Å². The van der Waals surface area contributed by atoms with Crippen molar-refractivity contribution in [2.24, 2.45) is 17.8 Å². The summed E-state index contributed by atoms with van der Waals surface area (Å²) in [5.41, 5.74) is -3.24. The first-order valence-corrected chi connectivity index (χ1v) is 44.6. The van der Waals surface area contributed by atoms with E-state index >= 15 is 0 Å². The molecule has 1 unspecified atom stereocenters. The van der Waals surface area contributed by atoms with E-state index in [1.165, 1.54) is 27.7 Å². The van der Waals surface area contributed by atoms with Gasteiger partial charge in [0.25, 0.3) is 0 Å². The van der Waals surface area contributed by atoms with E-state index in [2.05, 4.69) is 34.5 Å². The first-order chi connectivity index (χ1) is 55.6. The molecule has 0 aliphatic carbocycles. The molecule has 10 rings (SSSR count). The lowest BCUT2D eigenvalue weighted by molar-refractivity contribution is -0.195. The summed E-state index contributed by atoms with van der Waals surface area (Å²) in [5.74, 6) is -6.48. The van der Waals surface area contributed by atoms with E-state index in [0.29, 0.717) is 37.4 Å². The fraction of sp³-hybridized carbons (Fsp3) is 0.887. The molecule has 10 aliphatic heterocycles. The number of rotatable bonds is 19. The zero-order valence-electron chi connectivity index (χ0n) is 75.4. The minimum atomic E-state index is -4.28. The first kappa shape index (κ1) is 115. The van der Waals surface area contributed by atoms with Gasteiger partial charge in [-0.05, 0) is 178 Å². The molecule has 0 saturated carbocycles. The molecule has 25 atom stereocenters. The number of aldehydes is 1. The number of carbonyl (C=O) groups excluding carboxylic acids is 7. The molecule has 6 N–H and O–H groups in total. The smallest absolute Gasteiger partial charge is 0.401 e. The Morgan fingerprint density at radius 2 is 0.967 bits per heavy atom. The number of ether oxygens (including phenoxy) is 18. The molecule has 0 bridgehead atoms. The van der Waals surface area contributed by atoms with Crippen molar-refractivity contribution < 1.29 is 166 Å². The van der Waals surface area contributed by atoms with Crippen molar-refractivity contribution in [3.8, 4) is 0 Å². The quantitative estimate of drug-likeness (QED) is 0.0231. The Morgan fingerprint density at radius 3 is 1.28 bits per heavy atom. The van der Waals surface area contributed by atoms with Crippen LogP contribution in [-0.2, 0) is 138 Å². The van der Waals surface area contributed by atoms with Gasteiger partial charge in [0, 0.05) is 23.3 Å². The van der Waals surface area contributed by atoms with E-state index in [9.17, 15) is 67.5 Å². The number of alkyl halides is 6. The Labute approximate surface area is 751 Å². The van der Waals surface area contributed by atoms with Gasteiger partial charge in [0.05, 0.1) is 88.0 Å². The summed E-state index contributed by atoms with van der Waals surface area (Å²) in [7, 11) is -4.28. The molecule has 10 fully saturated rings. The molecule has 10 saturated heterocycles. The molecule has 0 aromatic rings. The monoisotopic (exact) mass is 1940 g/mol. The van der Waals surface area contributed by atoms with Crippen molar-refractivity contribution in [1.82, 2.24) is 0 Å². The number of aliphatic hydroxyl groups excluding tert-OH is 5. The summed E-state index contributed by atoms with van der Waals surface area (Å²) in [6, 6.07) is 0. The maximum atomic E-state index is 12.0. The summed E-state index contributed by atoms with van der Waals surface area (Å²) >= 11 is 33.4. The summed E-state index contributed by atoms with van der Waals surface area (Å²) in [6.07, 6.45) is -3.57. The van der Waals surface area contributed by atoms with Crippen molar-refractivity contribution in [1.29, 1.82) is 0 Å². The van der Waals surface area contributed by atoms with E-state index < -0.39 is 156 Å². The van der Waals surface area contributed by atoms with Crippen LogP contribution in [0, 0.1) is 17.8 Å². The van der Waals surface area contributed by atoms with Gasteiger partial charge in [-0.3, -0.25) is 14.4 Å². The third-order valence-electron chi connectivity index (χ3n) is 21.0. The Hall–Kier alpha value is -2.69. The largest absolute Gasteiger partial charge is 0.465 e. The molecule has 0 spiro atoms. The average molecular weight is 1950 g/mol. The van der Waals surface area contributed by atoms with Gasteiger partial charge in [-0.1, -0.05) is 57.5 Å². The summed E-state index contributed by atoms with van der Waals surface area (Å²) in [5, 5.41) is 57.2. The second-order valence-corrected chi connectivity index (χ2v) is 39.5. The first-order valence-electron chi connectivity index (χ1n) is 40.5. The fourth-order valence-corrected chi connectivity index (χ4v) is 15.6. The van der Waals surface area contributed by atoms with Crippen LogP contribution in [-0.4, -0.2) is 302 Å². The molecule has 0 aromatic heterocycles. The molecular formula is C80H136BrCl5O35S. The van der Waals surface area contributed by atoms with Gasteiger partial charge in [0.15, 0.2) is 63.0 Å². The lowest BCUT2D eigenvalue weighted by atomic mass is 9.91. The van der Waals surface area contributed by atoms with Gasteiger partial charge in [0.2, 0.25) is 5.60 Å². The van der Waals surface area contributed by atoms with E-state index in [0.717, 1.165) is 25.5 Å². The van der Waals surface area contributed by atoms with Crippen molar-refractivity contribution in [2.45, 2.75) is 368 Å². The summed E-state index contributed by atoms with van der Waals surface area (Å²) < 4.78 is 126. The lowest BCUT2D eigenvalue weighted by Gasteiger charge is -2.30. The van der Waals surface area contributed by atoms with Gasteiger partial charge >= 0.3 is 46.2 Å². The zero-order valence-corrected chi connectivity index (χ0v) is 81.6. The van der Waals surface area contributed by atoms with Crippen molar-refractivity contribution in [2.75, 3.05) is 66.1 Å². The van der Waals surface area contributed by atoms with Crippen LogP contribution in [0.4, 0.5) is 0 Å². The SMILES string of the molecule is CC1(C)OC[C@H](C=O)O1.CCOC(=O)/C(C)=C/[C@H]1COC(C)(C)O1.CCOC(=O)[C@@](C)(Cl)[C@H](O)[C@H]1COC(C)(C)O1.CCOC(=O)[C@@](C)(O)[C@H](O)[C@H]1COC(C)(C)O1.CCOC(=O)[C@@]1(C)OS(=O)(=O)O[C@@H]1[C@H]1COC(C)(C)O1.CC[C@H]1OC(=O)[C@](C)(Cl)[C@@H]1C.CC[C@H]1OC(O)[C@](C)(Cl)[C@@H]1C.CC[C@H]1O[C@H](Br)[C@](C)(Cl)[C@@H]1C.C[C@]1(Cl)C(=O)O[C@H](CO)[C@H]1O. The normalized spacial score (nSPS) is 37.1. The highest BCUT2D eigenvalue weighted by Gasteiger charge is 2.62. The Bertz CT molecular complexity index is 3360.